The number of nitriles is 1. The van der Waals surface area contributed by atoms with Crippen molar-refractivity contribution in [3.8, 4) is 6.07 Å². The third-order valence-electron chi connectivity index (χ3n) is 5.80. The van der Waals surface area contributed by atoms with Crippen molar-refractivity contribution >= 4 is 22.6 Å². The van der Waals surface area contributed by atoms with Gasteiger partial charge < -0.3 is 15.1 Å². The first-order valence-corrected chi connectivity index (χ1v) is 10.3. The first-order valence-electron chi connectivity index (χ1n) is 10.3. The van der Waals surface area contributed by atoms with Crippen LogP contribution < -0.4 is 10.2 Å². The zero-order chi connectivity index (χ0) is 22.0. The highest BCUT2D eigenvalue weighted by atomic mass is 19.3. The summed E-state index contributed by atoms with van der Waals surface area (Å²) in [5.41, 5.74) is 1.61. The van der Waals surface area contributed by atoms with Crippen LogP contribution in [0.25, 0.3) is 11.0 Å². The summed E-state index contributed by atoms with van der Waals surface area (Å²) in [6.45, 7) is 3.31. The van der Waals surface area contributed by atoms with E-state index in [9.17, 15) is 18.8 Å². The van der Waals surface area contributed by atoms with Gasteiger partial charge in [-0.25, -0.2) is 8.78 Å². The summed E-state index contributed by atoms with van der Waals surface area (Å²) in [5, 5.41) is 12.1. The van der Waals surface area contributed by atoms with E-state index in [1.165, 1.54) is 17.3 Å². The molecule has 0 bridgehead atoms. The molecular formula is C21H25F2N7O. The number of carbonyl (C=O) groups is 1. The zero-order valence-electron chi connectivity index (χ0n) is 17.4. The normalized spacial score (nSPS) is 22.3. The van der Waals surface area contributed by atoms with Crippen LogP contribution >= 0.6 is 0 Å². The van der Waals surface area contributed by atoms with Crippen LogP contribution in [0, 0.1) is 11.3 Å². The minimum atomic E-state index is -2.97. The summed E-state index contributed by atoms with van der Waals surface area (Å²) in [4.78, 5) is 26.8. The molecule has 8 nitrogen and oxygen atoms in total. The van der Waals surface area contributed by atoms with Crippen LogP contribution in [0.2, 0.25) is 0 Å². The number of piperidine rings is 1. The van der Waals surface area contributed by atoms with Gasteiger partial charge in [0.05, 0.1) is 30.4 Å². The van der Waals surface area contributed by atoms with Gasteiger partial charge in [-0.15, -0.1) is 0 Å². The Balaban J connectivity index is 1.50. The second-order valence-electron chi connectivity index (χ2n) is 8.28. The van der Waals surface area contributed by atoms with Crippen LogP contribution in [0.15, 0.2) is 24.5 Å². The van der Waals surface area contributed by atoms with E-state index in [1.54, 1.807) is 12.1 Å². The zero-order valence-corrected chi connectivity index (χ0v) is 17.4. The predicted molar refractivity (Wildman–Crippen MR) is 112 cm³/mol. The number of amides is 1. The molecule has 31 heavy (non-hydrogen) atoms. The molecule has 1 amide bonds. The average molecular weight is 429 g/mol. The number of alkyl halides is 2. The number of halogens is 2. The lowest BCUT2D eigenvalue weighted by molar-refractivity contribution is -0.124. The first kappa shape index (κ1) is 21.3. The Bertz CT molecular complexity index is 1000. The molecule has 2 aromatic rings. The van der Waals surface area contributed by atoms with Gasteiger partial charge >= 0.3 is 0 Å². The van der Waals surface area contributed by atoms with Gasteiger partial charge in [0.15, 0.2) is 0 Å². The van der Waals surface area contributed by atoms with Crippen LogP contribution in [0.4, 0.5) is 14.5 Å². The fraction of sp³-hybridized carbons (Fsp3) is 0.524. The van der Waals surface area contributed by atoms with Gasteiger partial charge in [-0.3, -0.25) is 19.7 Å². The van der Waals surface area contributed by atoms with E-state index in [2.05, 4.69) is 26.3 Å². The predicted octanol–water partition coefficient (Wildman–Crippen LogP) is 1.08. The summed E-state index contributed by atoms with van der Waals surface area (Å²) >= 11 is 0. The fourth-order valence-electron chi connectivity index (χ4n) is 4.25. The van der Waals surface area contributed by atoms with E-state index < -0.39 is 24.9 Å². The lowest BCUT2D eigenvalue weighted by Crippen LogP contribution is -2.57. The Morgan fingerprint density at radius 3 is 2.65 bits per heavy atom. The summed E-state index contributed by atoms with van der Waals surface area (Å²) in [5.74, 6) is -3.20. The Kier molecular flexibility index (Phi) is 5.98. The quantitative estimate of drug-likeness (QED) is 0.778. The summed E-state index contributed by atoms with van der Waals surface area (Å²) < 4.78 is 29.2. The Hall–Kier alpha value is -2.90. The van der Waals surface area contributed by atoms with Gasteiger partial charge in [-0.05, 0) is 19.2 Å². The van der Waals surface area contributed by atoms with Gasteiger partial charge in [0.1, 0.15) is 17.1 Å². The third kappa shape index (κ3) is 4.89. The van der Waals surface area contributed by atoms with Gasteiger partial charge in [0, 0.05) is 51.5 Å². The van der Waals surface area contributed by atoms with E-state index in [4.69, 9.17) is 0 Å². The molecule has 0 radical (unpaired) electrons. The monoisotopic (exact) mass is 429 g/mol. The standard InChI is InChI=1S/C21H25F2N7O/c1-28-6-8-29(9-7-28)13-18(31)27-16-10-21(22,23)14-30(12-16)17-3-2-15(11-24)19-20(17)26-5-4-25-19/h2-5,16H,6-10,12-14H2,1H3,(H,27,31). The van der Waals surface area contributed by atoms with Crippen LogP contribution in [0.1, 0.15) is 12.0 Å². The van der Waals surface area contributed by atoms with Crippen molar-refractivity contribution in [3.63, 3.8) is 0 Å². The number of likely N-dealkylation sites (N-methyl/N-ethyl adjacent to an activating group) is 1. The van der Waals surface area contributed by atoms with Crippen LogP contribution in [-0.2, 0) is 4.79 Å². The van der Waals surface area contributed by atoms with E-state index >= 15 is 0 Å². The number of nitrogens with one attached hydrogen (secondary N) is 1. The molecule has 1 aromatic carbocycles. The smallest absolute Gasteiger partial charge is 0.267 e. The molecule has 1 unspecified atom stereocenters. The summed E-state index contributed by atoms with van der Waals surface area (Å²) in [6, 6.07) is 4.56. The molecule has 164 valence electrons. The molecule has 2 aliphatic rings. The molecule has 2 saturated heterocycles. The highest BCUT2D eigenvalue weighted by Crippen LogP contribution is 2.33. The largest absolute Gasteiger partial charge is 0.362 e. The number of nitrogens with zero attached hydrogens (tertiary/aromatic N) is 6. The van der Waals surface area contributed by atoms with Crippen molar-refractivity contribution in [2.24, 2.45) is 0 Å². The van der Waals surface area contributed by atoms with Crippen molar-refractivity contribution in [1.82, 2.24) is 25.1 Å². The van der Waals surface area contributed by atoms with Gasteiger partial charge in [0.2, 0.25) is 5.91 Å². The molecule has 3 heterocycles. The maximum absolute atomic E-state index is 14.6. The van der Waals surface area contributed by atoms with E-state index in [-0.39, 0.29) is 19.0 Å². The number of hydrogen-bond acceptors (Lipinski definition) is 7. The van der Waals surface area contributed by atoms with Crippen molar-refractivity contribution in [2.45, 2.75) is 18.4 Å². The number of fused-ring (bicyclic) bond motifs is 1. The van der Waals surface area contributed by atoms with Crippen LogP contribution in [-0.4, -0.2) is 90.5 Å². The van der Waals surface area contributed by atoms with Gasteiger partial charge in [0.25, 0.3) is 5.92 Å². The molecule has 2 aliphatic heterocycles. The maximum Gasteiger partial charge on any atom is 0.267 e. The highest BCUT2D eigenvalue weighted by Gasteiger charge is 2.41. The molecule has 1 N–H and O–H groups in total. The maximum atomic E-state index is 14.6. The second-order valence-corrected chi connectivity index (χ2v) is 8.28. The minimum absolute atomic E-state index is 0.210. The van der Waals surface area contributed by atoms with Crippen molar-refractivity contribution in [1.29, 1.82) is 5.26 Å². The lowest BCUT2D eigenvalue weighted by Gasteiger charge is -2.39. The van der Waals surface area contributed by atoms with Crippen molar-refractivity contribution in [2.75, 3.05) is 57.8 Å². The molecule has 0 aliphatic carbocycles. The Morgan fingerprint density at radius 2 is 1.94 bits per heavy atom. The topological polar surface area (TPSA) is 88.4 Å². The number of piperazine rings is 1. The number of rotatable bonds is 4. The minimum Gasteiger partial charge on any atom is -0.362 e. The SMILES string of the molecule is CN1CCN(CC(=O)NC2CN(c3ccc(C#N)c4nccnc34)CC(F)(F)C2)CC1. The molecule has 1 atom stereocenters. The molecule has 0 saturated carbocycles. The number of benzene rings is 1. The van der Waals surface area contributed by atoms with Crippen LogP contribution in [0.5, 0.6) is 0 Å². The van der Waals surface area contributed by atoms with Crippen molar-refractivity contribution in [3.05, 3.63) is 30.1 Å². The van der Waals surface area contributed by atoms with E-state index in [0.717, 1.165) is 26.2 Å². The molecule has 1 aromatic heterocycles. The van der Waals surface area contributed by atoms with Gasteiger partial charge in [-0.1, -0.05) is 0 Å². The average Bonchev–Trinajstić information content (AvgIpc) is 2.73. The second kappa shape index (κ2) is 8.69. The number of carbonyl (C=O) groups excluding carboxylic acids is 1. The summed E-state index contributed by atoms with van der Waals surface area (Å²) in [6.07, 6.45) is 2.54. The van der Waals surface area contributed by atoms with E-state index in [0.29, 0.717) is 22.3 Å². The molecule has 10 heteroatoms. The Labute approximate surface area is 179 Å². The Morgan fingerprint density at radius 1 is 1.23 bits per heavy atom. The third-order valence-corrected chi connectivity index (χ3v) is 5.80. The van der Waals surface area contributed by atoms with E-state index in [1.807, 2.05) is 11.9 Å². The lowest BCUT2D eigenvalue weighted by atomic mass is 10.0. The fourth-order valence-corrected chi connectivity index (χ4v) is 4.25. The number of hydrogen-bond donors (Lipinski definition) is 1. The van der Waals surface area contributed by atoms with Crippen LogP contribution in [0.3, 0.4) is 0 Å². The summed E-state index contributed by atoms with van der Waals surface area (Å²) in [7, 11) is 2.04. The van der Waals surface area contributed by atoms with Crippen molar-refractivity contribution < 1.29 is 13.6 Å². The number of aromatic nitrogens is 2. The molecule has 4 rings (SSSR count). The first-order chi connectivity index (χ1) is 14.8. The highest BCUT2D eigenvalue weighted by molar-refractivity contribution is 5.92. The number of anilines is 1. The molecule has 0 spiro atoms. The van der Waals surface area contributed by atoms with Gasteiger partial charge in [-0.2, -0.15) is 5.26 Å². The molecule has 2 fully saturated rings. The molecular weight excluding hydrogens is 404 g/mol.